The Morgan fingerprint density at radius 2 is 2.14 bits per heavy atom. The van der Waals surface area contributed by atoms with E-state index in [0.29, 0.717) is 0 Å². The van der Waals surface area contributed by atoms with Crippen molar-refractivity contribution in [2.24, 2.45) is 0 Å². The van der Waals surface area contributed by atoms with E-state index in [2.05, 4.69) is 31.0 Å². The van der Waals surface area contributed by atoms with Gasteiger partial charge < -0.3 is 9.72 Å². The average molecular weight is 189 g/mol. The van der Waals surface area contributed by atoms with Gasteiger partial charge in [-0.2, -0.15) is 0 Å². The van der Waals surface area contributed by atoms with Crippen LogP contribution in [0.2, 0.25) is 0 Å². The first kappa shape index (κ1) is 9.13. The molecule has 2 rings (SSSR count). The molecule has 0 unspecified atom stereocenters. The Morgan fingerprint density at radius 1 is 1.36 bits per heavy atom. The van der Waals surface area contributed by atoms with Crippen molar-refractivity contribution >= 4 is 10.9 Å². The van der Waals surface area contributed by atoms with Gasteiger partial charge in [0.25, 0.3) is 0 Å². The van der Waals surface area contributed by atoms with E-state index in [1.165, 1.54) is 16.6 Å². The molecule has 0 saturated carbocycles. The van der Waals surface area contributed by atoms with E-state index < -0.39 is 0 Å². The quantitative estimate of drug-likeness (QED) is 0.771. The van der Waals surface area contributed by atoms with Gasteiger partial charge in [0.2, 0.25) is 0 Å². The molecule has 14 heavy (non-hydrogen) atoms. The minimum Gasteiger partial charge on any atom is -0.495 e. The SMILES string of the molecule is CCc1cc2c(C)ccc(OC)c2[nH]1. The molecule has 2 heteroatoms. The summed E-state index contributed by atoms with van der Waals surface area (Å²) < 4.78 is 5.31. The van der Waals surface area contributed by atoms with Crippen molar-refractivity contribution in [2.75, 3.05) is 7.11 Å². The summed E-state index contributed by atoms with van der Waals surface area (Å²) in [5, 5.41) is 1.27. The highest BCUT2D eigenvalue weighted by molar-refractivity contribution is 5.88. The number of methoxy groups -OCH3 is 1. The van der Waals surface area contributed by atoms with Gasteiger partial charge in [-0.05, 0) is 31.0 Å². The van der Waals surface area contributed by atoms with Crippen LogP contribution in [-0.4, -0.2) is 12.1 Å². The van der Waals surface area contributed by atoms with Gasteiger partial charge in [0.15, 0.2) is 0 Å². The summed E-state index contributed by atoms with van der Waals surface area (Å²) in [6, 6.07) is 6.30. The van der Waals surface area contributed by atoms with Gasteiger partial charge in [0.05, 0.1) is 12.6 Å². The maximum absolute atomic E-state index is 5.31. The second kappa shape index (κ2) is 3.37. The maximum Gasteiger partial charge on any atom is 0.142 e. The standard InChI is InChI=1S/C12H15NO/c1-4-9-7-10-8(2)5-6-11(14-3)12(10)13-9/h5-7,13H,4H2,1-3H3. The number of H-pyrrole nitrogens is 1. The van der Waals surface area contributed by atoms with Gasteiger partial charge in [0, 0.05) is 11.1 Å². The zero-order valence-electron chi connectivity index (χ0n) is 8.85. The number of aromatic nitrogens is 1. The zero-order valence-corrected chi connectivity index (χ0v) is 8.85. The lowest BCUT2D eigenvalue weighted by Crippen LogP contribution is -1.85. The first-order chi connectivity index (χ1) is 6.76. The van der Waals surface area contributed by atoms with Gasteiger partial charge >= 0.3 is 0 Å². The van der Waals surface area contributed by atoms with Gasteiger partial charge in [-0.3, -0.25) is 0 Å². The molecule has 0 aliphatic carbocycles. The molecule has 0 atom stereocenters. The van der Waals surface area contributed by atoms with E-state index in [9.17, 15) is 0 Å². The van der Waals surface area contributed by atoms with Crippen molar-refractivity contribution in [1.29, 1.82) is 0 Å². The molecule has 2 nitrogen and oxygen atoms in total. The predicted octanol–water partition coefficient (Wildman–Crippen LogP) is 3.05. The number of benzene rings is 1. The molecule has 0 spiro atoms. The van der Waals surface area contributed by atoms with Crippen LogP contribution in [0.25, 0.3) is 10.9 Å². The fourth-order valence-electron chi connectivity index (χ4n) is 1.75. The minimum atomic E-state index is 0.922. The van der Waals surface area contributed by atoms with Crippen molar-refractivity contribution in [1.82, 2.24) is 4.98 Å². The van der Waals surface area contributed by atoms with E-state index in [0.717, 1.165) is 17.7 Å². The van der Waals surface area contributed by atoms with E-state index in [4.69, 9.17) is 4.74 Å². The highest BCUT2D eigenvalue weighted by Gasteiger charge is 2.06. The third-order valence-corrected chi connectivity index (χ3v) is 2.63. The molecule has 2 aromatic rings. The molecule has 1 N–H and O–H groups in total. The molecule has 1 aromatic heterocycles. The summed E-state index contributed by atoms with van der Waals surface area (Å²) >= 11 is 0. The van der Waals surface area contributed by atoms with Gasteiger partial charge in [0.1, 0.15) is 5.75 Å². The first-order valence-corrected chi connectivity index (χ1v) is 4.91. The normalized spacial score (nSPS) is 10.8. The molecule has 0 fully saturated rings. The topological polar surface area (TPSA) is 25.0 Å². The summed E-state index contributed by atoms with van der Waals surface area (Å²) in [6.45, 7) is 4.27. The lowest BCUT2D eigenvalue weighted by atomic mass is 10.1. The third-order valence-electron chi connectivity index (χ3n) is 2.63. The van der Waals surface area contributed by atoms with Crippen molar-refractivity contribution < 1.29 is 4.74 Å². The number of ether oxygens (including phenoxy) is 1. The summed E-state index contributed by atoms with van der Waals surface area (Å²) in [7, 11) is 1.70. The van der Waals surface area contributed by atoms with E-state index >= 15 is 0 Å². The number of aromatic amines is 1. The fraction of sp³-hybridized carbons (Fsp3) is 0.333. The Hall–Kier alpha value is -1.44. The van der Waals surface area contributed by atoms with Crippen LogP contribution in [0.5, 0.6) is 5.75 Å². The van der Waals surface area contributed by atoms with Crippen LogP contribution in [0, 0.1) is 6.92 Å². The second-order valence-corrected chi connectivity index (χ2v) is 3.52. The summed E-state index contributed by atoms with van der Waals surface area (Å²) in [5.74, 6) is 0.922. The monoisotopic (exact) mass is 189 g/mol. The Bertz CT molecular complexity index is 457. The van der Waals surface area contributed by atoms with E-state index in [1.54, 1.807) is 7.11 Å². The summed E-state index contributed by atoms with van der Waals surface area (Å²) in [4.78, 5) is 3.38. The zero-order chi connectivity index (χ0) is 10.1. The van der Waals surface area contributed by atoms with Crippen molar-refractivity contribution in [2.45, 2.75) is 20.3 Å². The summed E-state index contributed by atoms with van der Waals surface area (Å²) in [5.41, 5.74) is 3.66. The van der Waals surface area contributed by atoms with Crippen molar-refractivity contribution in [3.63, 3.8) is 0 Å². The third kappa shape index (κ3) is 1.27. The Labute approximate surface area is 83.9 Å². The molecular formula is C12H15NO. The van der Waals surface area contributed by atoms with Gasteiger partial charge in [-0.15, -0.1) is 0 Å². The number of nitrogens with one attached hydrogen (secondary N) is 1. The molecule has 0 radical (unpaired) electrons. The van der Waals surface area contributed by atoms with Crippen LogP contribution in [0.1, 0.15) is 18.2 Å². The van der Waals surface area contributed by atoms with Crippen LogP contribution in [-0.2, 0) is 6.42 Å². The highest BCUT2D eigenvalue weighted by Crippen LogP contribution is 2.28. The molecule has 1 aromatic carbocycles. The molecule has 0 saturated heterocycles. The molecule has 74 valence electrons. The summed E-state index contributed by atoms with van der Waals surface area (Å²) in [6.07, 6.45) is 1.03. The largest absolute Gasteiger partial charge is 0.495 e. The number of hydrogen-bond acceptors (Lipinski definition) is 1. The lowest BCUT2D eigenvalue weighted by molar-refractivity contribution is 0.419. The Kier molecular flexibility index (Phi) is 2.20. The van der Waals surface area contributed by atoms with Crippen LogP contribution < -0.4 is 4.74 Å². The number of rotatable bonds is 2. The van der Waals surface area contributed by atoms with Gasteiger partial charge in [-0.1, -0.05) is 13.0 Å². The van der Waals surface area contributed by atoms with Crippen LogP contribution in [0.15, 0.2) is 18.2 Å². The lowest BCUT2D eigenvalue weighted by Gasteiger charge is -2.02. The second-order valence-electron chi connectivity index (χ2n) is 3.52. The average Bonchev–Trinajstić information content (AvgIpc) is 2.63. The molecule has 0 aliphatic heterocycles. The van der Waals surface area contributed by atoms with Crippen molar-refractivity contribution in [3.05, 3.63) is 29.5 Å². The fourth-order valence-corrected chi connectivity index (χ4v) is 1.75. The van der Waals surface area contributed by atoms with E-state index in [-0.39, 0.29) is 0 Å². The molecule has 0 bridgehead atoms. The Morgan fingerprint density at radius 3 is 2.79 bits per heavy atom. The molecule has 1 heterocycles. The molecule has 0 amide bonds. The molecule has 0 aliphatic rings. The van der Waals surface area contributed by atoms with Crippen LogP contribution >= 0.6 is 0 Å². The van der Waals surface area contributed by atoms with Crippen LogP contribution in [0.3, 0.4) is 0 Å². The van der Waals surface area contributed by atoms with Crippen LogP contribution in [0.4, 0.5) is 0 Å². The smallest absolute Gasteiger partial charge is 0.142 e. The maximum atomic E-state index is 5.31. The number of hydrogen-bond donors (Lipinski definition) is 1. The van der Waals surface area contributed by atoms with E-state index in [1.807, 2.05) is 6.07 Å². The Balaban J connectivity index is 2.74. The number of fused-ring (bicyclic) bond motifs is 1. The highest BCUT2D eigenvalue weighted by atomic mass is 16.5. The van der Waals surface area contributed by atoms with Crippen molar-refractivity contribution in [3.8, 4) is 5.75 Å². The number of aryl methyl sites for hydroxylation is 2. The minimum absolute atomic E-state index is 0.922. The first-order valence-electron chi connectivity index (χ1n) is 4.91. The molecular weight excluding hydrogens is 174 g/mol. The predicted molar refractivity (Wildman–Crippen MR) is 59.0 cm³/mol. The van der Waals surface area contributed by atoms with Gasteiger partial charge in [-0.25, -0.2) is 0 Å².